The van der Waals surface area contributed by atoms with E-state index in [0.29, 0.717) is 5.56 Å². The monoisotopic (exact) mass is 658 g/mol. The molecule has 14 nitrogen and oxygen atoms in total. The first kappa shape index (κ1) is 38.7. The molecule has 4 atom stereocenters. The fraction of sp³-hybridized carbons (Fsp3) is 0.606. The van der Waals surface area contributed by atoms with Crippen molar-refractivity contribution in [1.82, 2.24) is 31.1 Å². The molecule has 1 saturated heterocycles. The molecule has 0 radical (unpaired) electrons. The second-order valence-electron chi connectivity index (χ2n) is 14.2. The zero-order valence-electron chi connectivity index (χ0n) is 29.1. The lowest BCUT2D eigenvalue weighted by Crippen LogP contribution is -2.59. The number of rotatable bonds is 12. The molecular weight excluding hydrogens is 608 g/mol. The summed E-state index contributed by atoms with van der Waals surface area (Å²) in [5, 5.41) is 9.98. The lowest BCUT2D eigenvalue weighted by Gasteiger charge is -2.35. The maximum absolute atomic E-state index is 13.8. The molecule has 1 aliphatic rings. The molecule has 47 heavy (non-hydrogen) atoms. The third kappa shape index (κ3) is 11.1. The molecule has 2 rings (SSSR count). The number of nitrogens with zero attached hydrogens (tertiary/aromatic N) is 2. The molecule has 0 bridgehead atoms. The molecule has 14 heteroatoms. The van der Waals surface area contributed by atoms with E-state index in [-0.39, 0.29) is 18.9 Å². The quantitative estimate of drug-likeness (QED) is 0.242. The zero-order valence-corrected chi connectivity index (χ0v) is 29.1. The summed E-state index contributed by atoms with van der Waals surface area (Å²) in [5.41, 5.74) is -0.641. The fourth-order valence-electron chi connectivity index (χ4n) is 5.14. The van der Waals surface area contributed by atoms with E-state index in [1.54, 1.807) is 79.0 Å². The summed E-state index contributed by atoms with van der Waals surface area (Å²) in [6, 6.07) is 4.30. The number of carbonyl (C=O) groups excluding carboxylic acids is 7. The van der Waals surface area contributed by atoms with Crippen LogP contribution in [0.2, 0.25) is 0 Å². The van der Waals surface area contributed by atoms with Gasteiger partial charge in [0.2, 0.25) is 29.4 Å². The number of benzene rings is 1. The molecule has 1 aliphatic heterocycles. The summed E-state index contributed by atoms with van der Waals surface area (Å²) in [4.78, 5) is 93.3. The Bertz CT molecular complexity index is 1340. The van der Waals surface area contributed by atoms with Crippen LogP contribution < -0.4 is 21.3 Å². The van der Waals surface area contributed by atoms with Gasteiger partial charge >= 0.3 is 6.09 Å². The van der Waals surface area contributed by atoms with Crippen molar-refractivity contribution in [2.75, 3.05) is 27.2 Å². The number of Topliss-reactive ketones (excluding diaryl/α,β-unsaturated/α-hetero) is 1. The number of likely N-dealkylation sites (N-methyl/N-ethyl adjacent to an activating group) is 1. The molecule has 1 heterocycles. The Kier molecular flexibility index (Phi) is 13.1. The summed E-state index contributed by atoms with van der Waals surface area (Å²) in [5.74, 6) is -4.31. The van der Waals surface area contributed by atoms with E-state index in [0.717, 1.165) is 0 Å². The zero-order chi connectivity index (χ0) is 35.9. The van der Waals surface area contributed by atoms with Crippen molar-refractivity contribution in [1.29, 1.82) is 0 Å². The van der Waals surface area contributed by atoms with Crippen LogP contribution in [-0.2, 0) is 33.5 Å². The van der Waals surface area contributed by atoms with E-state index in [4.69, 9.17) is 4.74 Å². The molecule has 0 unspecified atom stereocenters. The number of alkyl carbamates (subject to hydrolysis) is 1. The molecule has 0 aromatic heterocycles. The number of amides is 6. The van der Waals surface area contributed by atoms with E-state index in [1.807, 2.05) is 13.8 Å². The van der Waals surface area contributed by atoms with E-state index in [1.165, 1.54) is 16.7 Å². The Morgan fingerprint density at radius 1 is 0.957 bits per heavy atom. The first-order valence-corrected chi connectivity index (χ1v) is 15.6. The highest BCUT2D eigenvalue weighted by atomic mass is 16.6. The smallest absolute Gasteiger partial charge is 0.408 e. The minimum absolute atomic E-state index is 0.218. The average molecular weight is 659 g/mol. The Hall–Kier alpha value is -4.49. The van der Waals surface area contributed by atoms with Crippen molar-refractivity contribution in [2.24, 2.45) is 10.8 Å². The lowest BCUT2D eigenvalue weighted by atomic mass is 9.85. The van der Waals surface area contributed by atoms with Gasteiger partial charge in [-0.1, -0.05) is 65.0 Å². The van der Waals surface area contributed by atoms with E-state index < -0.39 is 83.2 Å². The van der Waals surface area contributed by atoms with Crippen LogP contribution in [0, 0.1) is 10.8 Å². The Morgan fingerprint density at radius 3 is 2.09 bits per heavy atom. The number of ketones is 1. The van der Waals surface area contributed by atoms with Gasteiger partial charge < -0.3 is 35.8 Å². The van der Waals surface area contributed by atoms with Gasteiger partial charge in [-0.2, -0.15) is 0 Å². The van der Waals surface area contributed by atoms with Gasteiger partial charge in [-0.05, 0) is 43.6 Å². The highest BCUT2D eigenvalue weighted by Gasteiger charge is 2.48. The van der Waals surface area contributed by atoms with E-state index >= 15 is 0 Å². The number of carbonyl (C=O) groups is 7. The predicted molar refractivity (Wildman–Crippen MR) is 174 cm³/mol. The van der Waals surface area contributed by atoms with Gasteiger partial charge in [0.05, 0.1) is 18.7 Å². The average Bonchev–Trinajstić information content (AvgIpc) is 3.31. The van der Waals surface area contributed by atoms with Gasteiger partial charge in [0.15, 0.2) is 0 Å². The number of ether oxygens (including phenoxy) is 1. The van der Waals surface area contributed by atoms with Crippen LogP contribution in [0.1, 0.15) is 73.4 Å². The van der Waals surface area contributed by atoms with Crippen LogP contribution in [0.5, 0.6) is 0 Å². The van der Waals surface area contributed by atoms with Crippen molar-refractivity contribution >= 4 is 41.4 Å². The van der Waals surface area contributed by atoms with Gasteiger partial charge in [0, 0.05) is 20.6 Å². The summed E-state index contributed by atoms with van der Waals surface area (Å²) in [7, 11) is 3.10. The maximum Gasteiger partial charge on any atom is 0.408 e. The highest BCUT2D eigenvalue weighted by molar-refractivity contribution is 6.38. The van der Waals surface area contributed by atoms with Gasteiger partial charge in [-0.25, -0.2) is 4.79 Å². The second-order valence-corrected chi connectivity index (χ2v) is 14.2. The van der Waals surface area contributed by atoms with Crippen LogP contribution in [0.25, 0.3) is 0 Å². The molecule has 0 aliphatic carbocycles. The molecular formula is C33H50N6O8. The number of hydrogen-bond acceptors (Lipinski definition) is 8. The maximum atomic E-state index is 13.8. The number of likely N-dealkylation sites (tertiary alicyclic amines) is 1. The normalized spacial score (nSPS) is 17.5. The molecule has 0 spiro atoms. The molecule has 1 aromatic rings. The van der Waals surface area contributed by atoms with E-state index in [2.05, 4.69) is 21.3 Å². The van der Waals surface area contributed by atoms with Crippen molar-refractivity contribution < 1.29 is 38.3 Å². The van der Waals surface area contributed by atoms with Crippen LogP contribution >= 0.6 is 0 Å². The first-order chi connectivity index (χ1) is 21.6. The molecule has 6 amide bonds. The molecule has 1 fully saturated rings. The minimum Gasteiger partial charge on any atom is -0.447 e. The van der Waals surface area contributed by atoms with Crippen LogP contribution in [0.3, 0.4) is 0 Å². The van der Waals surface area contributed by atoms with Crippen LogP contribution in [-0.4, -0.2) is 103 Å². The second kappa shape index (κ2) is 15.9. The Morgan fingerprint density at radius 2 is 1.55 bits per heavy atom. The van der Waals surface area contributed by atoms with Gasteiger partial charge in [-0.15, -0.1) is 0 Å². The van der Waals surface area contributed by atoms with Gasteiger partial charge in [0.25, 0.3) is 5.91 Å². The third-order valence-electron chi connectivity index (χ3n) is 7.54. The van der Waals surface area contributed by atoms with Crippen molar-refractivity contribution in [3.8, 4) is 0 Å². The number of nitrogens with one attached hydrogen (secondary N) is 4. The summed E-state index contributed by atoms with van der Waals surface area (Å²) in [6.45, 7) is 13.5. The molecule has 260 valence electrons. The van der Waals surface area contributed by atoms with Crippen LogP contribution in [0.15, 0.2) is 30.3 Å². The van der Waals surface area contributed by atoms with Crippen molar-refractivity contribution in [3.63, 3.8) is 0 Å². The Labute approximate surface area is 276 Å². The fourth-order valence-corrected chi connectivity index (χ4v) is 5.14. The van der Waals surface area contributed by atoms with Crippen LogP contribution in [0.4, 0.5) is 4.79 Å². The highest BCUT2D eigenvalue weighted by Crippen LogP contribution is 2.36. The summed E-state index contributed by atoms with van der Waals surface area (Å²) in [6.07, 6.45) is -0.884. The SMILES string of the molecule is CC(C)OC(=O)N[C@H](C(=O)N1CC(C)(C)C[C@H]1C(=O)N[C@@H](C)C(=O)C(=O)NCC(=O)N[C@H](C(=O)N(C)C)c1ccccc1)C(C)(C)C. The van der Waals surface area contributed by atoms with Crippen molar-refractivity contribution in [3.05, 3.63) is 35.9 Å². The lowest BCUT2D eigenvalue weighted by molar-refractivity contribution is -0.144. The van der Waals surface area contributed by atoms with Crippen molar-refractivity contribution in [2.45, 2.75) is 92.1 Å². The minimum atomic E-state index is -1.28. The first-order valence-electron chi connectivity index (χ1n) is 15.6. The van der Waals surface area contributed by atoms with Gasteiger partial charge in [-0.3, -0.25) is 28.8 Å². The molecule has 0 saturated carbocycles. The standard InChI is InChI=1S/C33H50N6O8/c1-19(2)47-31(46)37-26(32(4,5)6)30(45)39-18-33(7,8)16-22(39)27(42)35-20(3)25(41)28(43)34-17-23(40)36-24(29(44)38(9)10)21-14-12-11-13-15-21/h11-15,19-20,22,24,26H,16-18H2,1-10H3,(H,34,43)(H,35,42)(H,36,40)(H,37,46)/t20-,22-,24-,26+/m0/s1. The molecule has 1 aromatic carbocycles. The van der Waals surface area contributed by atoms with Gasteiger partial charge in [0.1, 0.15) is 18.1 Å². The Balaban J connectivity index is 2.08. The topological polar surface area (TPSA) is 183 Å². The number of hydrogen-bond donors (Lipinski definition) is 4. The predicted octanol–water partition coefficient (Wildman–Crippen LogP) is 1.30. The summed E-state index contributed by atoms with van der Waals surface area (Å²) >= 11 is 0. The summed E-state index contributed by atoms with van der Waals surface area (Å²) < 4.78 is 5.18. The van der Waals surface area contributed by atoms with E-state index in [9.17, 15) is 33.6 Å². The molecule has 4 N–H and O–H groups in total. The third-order valence-corrected chi connectivity index (χ3v) is 7.54. The largest absolute Gasteiger partial charge is 0.447 e.